The van der Waals surface area contributed by atoms with Gasteiger partial charge in [-0.2, -0.15) is 0 Å². The number of rotatable bonds is 7. The average molecular weight is 862 g/mol. The van der Waals surface area contributed by atoms with E-state index in [9.17, 15) is 0 Å². The molecule has 4 heterocycles. The largest absolute Gasteiger partial charge is 0.309 e. The van der Waals surface area contributed by atoms with Crippen molar-refractivity contribution in [2.45, 2.75) is 0 Å². The molecule has 304 valence electrons. The van der Waals surface area contributed by atoms with Crippen molar-refractivity contribution in [2.75, 3.05) is 0 Å². The van der Waals surface area contributed by atoms with Crippen molar-refractivity contribution >= 4 is 115 Å². The van der Waals surface area contributed by atoms with E-state index >= 15 is 0 Å². The Morgan fingerprint density at radius 2 is 0.708 bits per heavy atom. The van der Waals surface area contributed by atoms with Gasteiger partial charge in [0, 0.05) is 58.8 Å². The Labute approximate surface area is 380 Å². The molecule has 0 N–H and O–H groups in total. The summed E-state index contributed by atoms with van der Waals surface area (Å²) in [6, 6.07) is 88.4. The van der Waals surface area contributed by atoms with Gasteiger partial charge in [0.25, 0.3) is 0 Å². The zero-order valence-electron chi connectivity index (χ0n) is 35.3. The van der Waals surface area contributed by atoms with Crippen molar-refractivity contribution in [3.05, 3.63) is 237 Å². The summed E-state index contributed by atoms with van der Waals surface area (Å²) in [6.07, 6.45) is 0. The fraction of sp³-hybridized carbons (Fsp3) is 0. The fourth-order valence-electron chi connectivity index (χ4n) is 11.3. The molecule has 0 radical (unpaired) electrons. The minimum Gasteiger partial charge on any atom is -0.309 e. The van der Waals surface area contributed by atoms with Crippen molar-refractivity contribution in [1.29, 1.82) is 0 Å². The van der Waals surface area contributed by atoms with E-state index in [2.05, 4.69) is 250 Å². The zero-order valence-corrected chi connectivity index (χ0v) is 37.1. The number of para-hydroxylation sites is 2. The Morgan fingerprint density at radius 1 is 0.262 bits per heavy atom. The van der Waals surface area contributed by atoms with Crippen LogP contribution in [-0.4, -0.2) is 21.8 Å². The van der Waals surface area contributed by atoms with Crippen LogP contribution in [0.5, 0.6) is 0 Å². The number of nitrogens with zero attached hydrogens (tertiary/aromatic N) is 3. The topological polar surface area (TPSA) is 14.8 Å². The first kappa shape index (κ1) is 36.5. The lowest BCUT2D eigenvalue weighted by Gasteiger charge is -2.34. The second-order valence-electron chi connectivity index (χ2n) is 17.2. The van der Waals surface area contributed by atoms with Crippen LogP contribution in [0.2, 0.25) is 0 Å². The molecule has 0 aliphatic carbocycles. The maximum atomic E-state index is 2.51. The smallest absolute Gasteiger partial charge is 0.179 e. The van der Waals surface area contributed by atoms with Crippen molar-refractivity contribution in [2.24, 2.45) is 0 Å². The standard InChI is InChI=1S/C60H39N3SSi/c1-4-16-40(17-5-1)62-53-25-14-27-55-59(53)60-54(62)26-15-28-56(60)63(55)42-32-36-52-49(38-42)47-22-10-12-24-51(47)61(52)41-30-33-45(34-31-41)65(43-18-6-2-7-19-43,44-20-8-3-9-21-44)46-35-37-58-50(39-46)48-23-11-13-29-57(48)64-58/h1-39H. The predicted molar refractivity (Wildman–Crippen MR) is 280 cm³/mol. The van der Waals surface area contributed by atoms with Crippen molar-refractivity contribution in [1.82, 2.24) is 13.7 Å². The number of hydrogen-bond donors (Lipinski definition) is 0. The third-order valence-electron chi connectivity index (χ3n) is 14.0. The maximum Gasteiger partial charge on any atom is 0.179 e. The summed E-state index contributed by atoms with van der Waals surface area (Å²) in [5, 5.41) is 13.2. The van der Waals surface area contributed by atoms with Crippen LogP contribution in [0.15, 0.2) is 237 Å². The van der Waals surface area contributed by atoms with E-state index in [4.69, 9.17) is 0 Å². The molecule has 14 rings (SSSR count). The third kappa shape index (κ3) is 5.16. The second-order valence-corrected chi connectivity index (χ2v) is 22.1. The zero-order chi connectivity index (χ0) is 42.6. The van der Waals surface area contributed by atoms with Gasteiger partial charge in [0.05, 0.1) is 33.1 Å². The van der Waals surface area contributed by atoms with Crippen LogP contribution in [0.25, 0.3) is 91.9 Å². The number of thiophene rings is 1. The normalized spacial score (nSPS) is 12.3. The quantitative estimate of drug-likeness (QED) is 0.112. The van der Waals surface area contributed by atoms with Gasteiger partial charge in [0.15, 0.2) is 8.07 Å². The van der Waals surface area contributed by atoms with E-state index in [-0.39, 0.29) is 0 Å². The molecular formula is C60H39N3SSi. The highest BCUT2D eigenvalue weighted by atomic mass is 32.1. The summed E-state index contributed by atoms with van der Waals surface area (Å²) in [5.41, 5.74) is 10.8. The summed E-state index contributed by atoms with van der Waals surface area (Å²) in [7, 11) is -2.81. The molecule has 5 heteroatoms. The fourth-order valence-corrected chi connectivity index (χ4v) is 17.1. The highest BCUT2D eigenvalue weighted by Gasteiger charge is 2.41. The van der Waals surface area contributed by atoms with Crippen LogP contribution in [-0.2, 0) is 0 Å². The van der Waals surface area contributed by atoms with Crippen LogP contribution >= 0.6 is 11.3 Å². The Hall–Kier alpha value is -7.96. The van der Waals surface area contributed by atoms with Crippen LogP contribution < -0.4 is 20.7 Å². The van der Waals surface area contributed by atoms with Gasteiger partial charge in [-0.25, -0.2) is 0 Å². The molecule has 4 aromatic heterocycles. The van der Waals surface area contributed by atoms with Crippen molar-refractivity contribution in [3.63, 3.8) is 0 Å². The lowest BCUT2D eigenvalue weighted by molar-refractivity contribution is 1.15. The number of aromatic nitrogens is 3. The monoisotopic (exact) mass is 861 g/mol. The van der Waals surface area contributed by atoms with Gasteiger partial charge in [-0.1, -0.05) is 152 Å². The van der Waals surface area contributed by atoms with Crippen molar-refractivity contribution in [3.8, 4) is 17.1 Å². The molecular weight excluding hydrogens is 823 g/mol. The first-order valence-electron chi connectivity index (χ1n) is 22.3. The first-order chi connectivity index (χ1) is 32.3. The highest BCUT2D eigenvalue weighted by molar-refractivity contribution is 7.26. The van der Waals surface area contributed by atoms with E-state index in [0.29, 0.717) is 0 Å². The first-order valence-corrected chi connectivity index (χ1v) is 25.2. The molecule has 14 aromatic rings. The van der Waals surface area contributed by atoms with Gasteiger partial charge in [-0.3, -0.25) is 0 Å². The van der Waals surface area contributed by atoms with Crippen LogP contribution in [0.1, 0.15) is 0 Å². The summed E-state index contributed by atoms with van der Waals surface area (Å²) >= 11 is 1.88. The minimum atomic E-state index is -2.81. The number of benzene rings is 10. The molecule has 0 atom stereocenters. The summed E-state index contributed by atoms with van der Waals surface area (Å²) in [5.74, 6) is 0. The van der Waals surface area contributed by atoms with E-state index in [1.165, 1.54) is 101 Å². The Morgan fingerprint density at radius 3 is 1.37 bits per heavy atom. The molecule has 65 heavy (non-hydrogen) atoms. The van der Waals surface area contributed by atoms with Gasteiger partial charge in [-0.05, 0) is 106 Å². The Balaban J connectivity index is 0.953. The average Bonchev–Trinajstić information content (AvgIpc) is 4.12. The highest BCUT2D eigenvalue weighted by Crippen LogP contribution is 2.43. The molecule has 0 saturated carbocycles. The Kier molecular flexibility index (Phi) is 7.87. The van der Waals surface area contributed by atoms with Crippen LogP contribution in [0.3, 0.4) is 0 Å². The van der Waals surface area contributed by atoms with E-state index in [0.717, 1.165) is 11.4 Å². The van der Waals surface area contributed by atoms with E-state index in [1.807, 2.05) is 11.3 Å². The number of fused-ring (bicyclic) bond motifs is 6. The number of hydrogen-bond acceptors (Lipinski definition) is 1. The van der Waals surface area contributed by atoms with Gasteiger partial charge in [-0.15, -0.1) is 11.3 Å². The molecule has 0 bridgehead atoms. The minimum absolute atomic E-state index is 1.15. The lowest BCUT2D eigenvalue weighted by Crippen LogP contribution is -2.74. The van der Waals surface area contributed by atoms with Crippen LogP contribution in [0, 0.1) is 0 Å². The molecule has 0 fully saturated rings. The van der Waals surface area contributed by atoms with Gasteiger partial charge < -0.3 is 13.7 Å². The molecule has 0 amide bonds. The van der Waals surface area contributed by atoms with Crippen LogP contribution in [0.4, 0.5) is 0 Å². The molecule has 0 aliphatic rings. The second kappa shape index (κ2) is 14.0. The van der Waals surface area contributed by atoms with Crippen molar-refractivity contribution < 1.29 is 0 Å². The summed E-state index contributed by atoms with van der Waals surface area (Å²) < 4.78 is 9.99. The molecule has 0 saturated heterocycles. The molecule has 0 spiro atoms. The lowest BCUT2D eigenvalue weighted by atomic mass is 10.1. The molecule has 0 aliphatic heterocycles. The molecule has 0 unspecified atom stereocenters. The van der Waals surface area contributed by atoms with E-state index < -0.39 is 8.07 Å². The van der Waals surface area contributed by atoms with E-state index in [1.54, 1.807) is 0 Å². The Bertz CT molecular complexity index is 4000. The molecule has 10 aromatic carbocycles. The predicted octanol–water partition coefficient (Wildman–Crippen LogP) is 13.0. The molecule has 3 nitrogen and oxygen atoms in total. The maximum absolute atomic E-state index is 2.81. The SMILES string of the molecule is c1ccc(-n2c3cccc4c3c3c2cccc3n4-c2ccc3c(c2)c2ccccc2n3-c2ccc([Si](c3ccccc3)(c3ccccc3)c3ccc4sc5ccccc5c4c3)cc2)cc1. The van der Waals surface area contributed by atoms with Gasteiger partial charge >= 0.3 is 0 Å². The van der Waals surface area contributed by atoms with Gasteiger partial charge in [0.1, 0.15) is 0 Å². The summed E-state index contributed by atoms with van der Waals surface area (Å²) in [6.45, 7) is 0. The summed E-state index contributed by atoms with van der Waals surface area (Å²) in [4.78, 5) is 0. The third-order valence-corrected chi connectivity index (χ3v) is 19.9. The van der Waals surface area contributed by atoms with Gasteiger partial charge in [0.2, 0.25) is 0 Å².